The lowest BCUT2D eigenvalue weighted by Crippen LogP contribution is -2.39. The predicted octanol–water partition coefficient (Wildman–Crippen LogP) is 0.902. The van der Waals surface area contributed by atoms with Crippen LogP contribution in [0.15, 0.2) is 34.0 Å². The van der Waals surface area contributed by atoms with Crippen molar-refractivity contribution >= 4 is 5.65 Å². The molecule has 0 aliphatic carbocycles. The van der Waals surface area contributed by atoms with E-state index in [0.717, 1.165) is 6.42 Å². The lowest BCUT2D eigenvalue weighted by Gasteiger charge is -2.07. The van der Waals surface area contributed by atoms with Gasteiger partial charge in [0.1, 0.15) is 5.65 Å². The van der Waals surface area contributed by atoms with E-state index < -0.39 is 5.69 Å². The zero-order valence-electron chi connectivity index (χ0n) is 9.96. The first kappa shape index (κ1) is 11.6. The molecular formula is C12H15N3O2. The molecule has 0 saturated carbocycles. The van der Waals surface area contributed by atoms with Crippen molar-refractivity contribution in [3.8, 4) is 0 Å². The first-order chi connectivity index (χ1) is 8.09. The van der Waals surface area contributed by atoms with E-state index in [4.69, 9.17) is 0 Å². The number of hydrogen-bond donors (Lipinski definition) is 0. The fraction of sp³-hybridized carbons (Fsp3) is 0.417. The highest BCUT2D eigenvalue weighted by Crippen LogP contribution is 1.99. The summed E-state index contributed by atoms with van der Waals surface area (Å²) in [5, 5.41) is 0. The van der Waals surface area contributed by atoms with Crippen molar-refractivity contribution in [2.24, 2.45) is 5.92 Å². The Hall–Kier alpha value is -1.91. The molecule has 0 unspecified atom stereocenters. The number of pyridine rings is 1. The van der Waals surface area contributed by atoms with Crippen LogP contribution in [-0.4, -0.2) is 14.0 Å². The van der Waals surface area contributed by atoms with Crippen LogP contribution in [0.3, 0.4) is 0 Å². The van der Waals surface area contributed by atoms with Gasteiger partial charge in [-0.05, 0) is 24.5 Å². The second-order valence-electron chi connectivity index (χ2n) is 4.44. The van der Waals surface area contributed by atoms with Gasteiger partial charge in [0.25, 0.3) is 0 Å². The normalized spacial score (nSPS) is 11.2. The zero-order chi connectivity index (χ0) is 12.4. The van der Waals surface area contributed by atoms with Gasteiger partial charge in [-0.2, -0.15) is 4.98 Å². The van der Waals surface area contributed by atoms with E-state index in [1.54, 1.807) is 24.4 Å². The Morgan fingerprint density at radius 3 is 2.76 bits per heavy atom. The summed E-state index contributed by atoms with van der Waals surface area (Å²) in [4.78, 5) is 27.6. The SMILES string of the molecule is CC(C)CCn1c(=O)nc2ccccn2c1=O. The van der Waals surface area contributed by atoms with Crippen LogP contribution in [0, 0.1) is 5.92 Å². The van der Waals surface area contributed by atoms with Gasteiger partial charge in [-0.25, -0.2) is 14.2 Å². The first-order valence-corrected chi connectivity index (χ1v) is 5.68. The van der Waals surface area contributed by atoms with E-state index in [0.29, 0.717) is 18.1 Å². The van der Waals surface area contributed by atoms with E-state index in [1.165, 1.54) is 8.97 Å². The zero-order valence-corrected chi connectivity index (χ0v) is 9.96. The molecular weight excluding hydrogens is 218 g/mol. The molecule has 17 heavy (non-hydrogen) atoms. The molecule has 0 amide bonds. The Bertz CT molecular complexity index is 640. The Morgan fingerprint density at radius 1 is 1.29 bits per heavy atom. The Labute approximate surface area is 98.4 Å². The standard InChI is InChI=1S/C12H15N3O2/c1-9(2)6-8-15-11(16)13-10-5-3-4-7-14(10)12(15)17/h3-5,7,9H,6,8H2,1-2H3. The number of rotatable bonds is 3. The van der Waals surface area contributed by atoms with E-state index >= 15 is 0 Å². The van der Waals surface area contributed by atoms with Crippen molar-refractivity contribution in [2.45, 2.75) is 26.8 Å². The third-order valence-corrected chi connectivity index (χ3v) is 2.65. The molecule has 2 heterocycles. The van der Waals surface area contributed by atoms with Crippen LogP contribution in [0.25, 0.3) is 5.65 Å². The quantitative estimate of drug-likeness (QED) is 0.791. The topological polar surface area (TPSA) is 56.4 Å². The lowest BCUT2D eigenvalue weighted by molar-refractivity contribution is 0.485. The maximum atomic E-state index is 12.0. The molecule has 2 rings (SSSR count). The van der Waals surface area contributed by atoms with Crippen molar-refractivity contribution in [1.29, 1.82) is 0 Å². The highest BCUT2D eigenvalue weighted by Gasteiger charge is 2.07. The van der Waals surface area contributed by atoms with Crippen LogP contribution >= 0.6 is 0 Å². The van der Waals surface area contributed by atoms with Gasteiger partial charge in [-0.15, -0.1) is 0 Å². The van der Waals surface area contributed by atoms with Gasteiger partial charge in [-0.1, -0.05) is 19.9 Å². The fourth-order valence-corrected chi connectivity index (χ4v) is 1.64. The first-order valence-electron chi connectivity index (χ1n) is 5.68. The van der Waals surface area contributed by atoms with Crippen LogP contribution in [0.5, 0.6) is 0 Å². The lowest BCUT2D eigenvalue weighted by atomic mass is 10.1. The monoisotopic (exact) mass is 233 g/mol. The average Bonchev–Trinajstić information content (AvgIpc) is 2.28. The molecule has 0 spiro atoms. The van der Waals surface area contributed by atoms with Gasteiger partial charge in [0.05, 0.1) is 0 Å². The second-order valence-corrected chi connectivity index (χ2v) is 4.44. The van der Waals surface area contributed by atoms with Crippen molar-refractivity contribution in [1.82, 2.24) is 14.0 Å². The van der Waals surface area contributed by atoms with Gasteiger partial charge < -0.3 is 0 Å². The molecule has 0 fully saturated rings. The molecule has 0 N–H and O–H groups in total. The summed E-state index contributed by atoms with van der Waals surface area (Å²) in [5.41, 5.74) is -0.397. The van der Waals surface area contributed by atoms with Crippen molar-refractivity contribution in [3.63, 3.8) is 0 Å². The minimum atomic E-state index is -0.471. The molecule has 0 aliphatic rings. The van der Waals surface area contributed by atoms with Gasteiger partial charge in [0.2, 0.25) is 0 Å². The summed E-state index contributed by atoms with van der Waals surface area (Å²) in [6.07, 6.45) is 2.41. The van der Waals surface area contributed by atoms with Crippen molar-refractivity contribution < 1.29 is 0 Å². The fourth-order valence-electron chi connectivity index (χ4n) is 1.64. The molecule has 0 aliphatic heterocycles. The van der Waals surface area contributed by atoms with E-state index in [2.05, 4.69) is 18.8 Å². The highest BCUT2D eigenvalue weighted by atomic mass is 16.2. The summed E-state index contributed by atoms with van der Waals surface area (Å²) in [5.74, 6) is 0.442. The Morgan fingerprint density at radius 2 is 2.06 bits per heavy atom. The van der Waals surface area contributed by atoms with E-state index in [-0.39, 0.29) is 5.69 Å². The van der Waals surface area contributed by atoms with Crippen LogP contribution in [-0.2, 0) is 6.54 Å². The third kappa shape index (κ3) is 2.27. The highest BCUT2D eigenvalue weighted by molar-refractivity contribution is 5.35. The molecule has 0 bridgehead atoms. The number of aromatic nitrogens is 3. The maximum Gasteiger partial charge on any atom is 0.353 e. The molecule has 0 saturated heterocycles. The van der Waals surface area contributed by atoms with Crippen LogP contribution < -0.4 is 11.4 Å². The van der Waals surface area contributed by atoms with E-state index in [9.17, 15) is 9.59 Å². The maximum absolute atomic E-state index is 12.0. The van der Waals surface area contributed by atoms with Crippen LogP contribution in [0.1, 0.15) is 20.3 Å². The molecule has 5 heteroatoms. The number of hydrogen-bond acceptors (Lipinski definition) is 3. The number of nitrogens with zero attached hydrogens (tertiary/aromatic N) is 3. The Kier molecular flexibility index (Phi) is 3.08. The molecule has 0 atom stereocenters. The third-order valence-electron chi connectivity index (χ3n) is 2.65. The molecule has 90 valence electrons. The molecule has 0 radical (unpaired) electrons. The van der Waals surface area contributed by atoms with Crippen LogP contribution in [0.4, 0.5) is 0 Å². The largest absolute Gasteiger partial charge is 0.353 e. The van der Waals surface area contributed by atoms with Gasteiger partial charge >= 0.3 is 11.4 Å². The predicted molar refractivity (Wildman–Crippen MR) is 65.2 cm³/mol. The van der Waals surface area contributed by atoms with Gasteiger partial charge in [0.15, 0.2) is 0 Å². The molecule has 5 nitrogen and oxygen atoms in total. The van der Waals surface area contributed by atoms with Crippen molar-refractivity contribution in [2.75, 3.05) is 0 Å². The average molecular weight is 233 g/mol. The minimum Gasteiger partial charge on any atom is -0.253 e. The van der Waals surface area contributed by atoms with Crippen LogP contribution in [0.2, 0.25) is 0 Å². The van der Waals surface area contributed by atoms with Crippen molar-refractivity contribution in [3.05, 3.63) is 45.4 Å². The summed E-state index contributed by atoms with van der Waals surface area (Å²) in [6.45, 7) is 4.52. The molecule has 2 aromatic heterocycles. The Balaban J connectivity index is 2.56. The van der Waals surface area contributed by atoms with E-state index in [1.807, 2.05) is 0 Å². The van der Waals surface area contributed by atoms with Gasteiger partial charge in [-0.3, -0.25) is 4.40 Å². The van der Waals surface area contributed by atoms with Gasteiger partial charge in [0, 0.05) is 12.7 Å². The minimum absolute atomic E-state index is 0.318. The second kappa shape index (κ2) is 4.53. The smallest absolute Gasteiger partial charge is 0.253 e. The summed E-state index contributed by atoms with van der Waals surface area (Å²) in [6, 6.07) is 5.14. The molecule has 0 aromatic carbocycles. The summed E-state index contributed by atoms with van der Waals surface area (Å²) in [7, 11) is 0. The molecule has 2 aromatic rings. The summed E-state index contributed by atoms with van der Waals surface area (Å²) < 4.78 is 2.58. The summed E-state index contributed by atoms with van der Waals surface area (Å²) >= 11 is 0. The number of fused-ring (bicyclic) bond motifs is 1.